The van der Waals surface area contributed by atoms with Crippen molar-refractivity contribution in [3.63, 3.8) is 0 Å². The van der Waals surface area contributed by atoms with Gasteiger partial charge < -0.3 is 14.8 Å². The normalized spacial score (nSPS) is 10.3. The van der Waals surface area contributed by atoms with Gasteiger partial charge in [-0.15, -0.1) is 0 Å². The Bertz CT molecular complexity index is 603. The van der Waals surface area contributed by atoms with E-state index in [0.29, 0.717) is 19.6 Å². The standard InChI is InChI=1S/C19H25NO4/c1-5-23-17(21)14-16-11-9-15(10-12-16)8-6-7-13-20-18(22)24-19(2,3)4/h9-12H,5,7,13-14H2,1-4H3,(H,20,22). The first-order valence-corrected chi connectivity index (χ1v) is 8.00. The van der Waals surface area contributed by atoms with Gasteiger partial charge in [-0.2, -0.15) is 0 Å². The van der Waals surface area contributed by atoms with Crippen LogP contribution in [0.5, 0.6) is 0 Å². The molecule has 130 valence electrons. The summed E-state index contributed by atoms with van der Waals surface area (Å²) in [7, 11) is 0. The second-order valence-corrected chi connectivity index (χ2v) is 6.16. The van der Waals surface area contributed by atoms with Gasteiger partial charge in [-0.25, -0.2) is 4.79 Å². The number of alkyl carbamates (subject to hydrolysis) is 1. The van der Waals surface area contributed by atoms with Gasteiger partial charge in [0.2, 0.25) is 0 Å². The number of hydrogen-bond donors (Lipinski definition) is 1. The van der Waals surface area contributed by atoms with Crippen LogP contribution in [0.4, 0.5) is 4.79 Å². The van der Waals surface area contributed by atoms with E-state index in [9.17, 15) is 9.59 Å². The number of carbonyl (C=O) groups is 2. The highest BCUT2D eigenvalue weighted by Gasteiger charge is 2.15. The maximum atomic E-state index is 11.4. The molecule has 0 saturated carbocycles. The van der Waals surface area contributed by atoms with E-state index in [2.05, 4.69) is 17.2 Å². The maximum absolute atomic E-state index is 11.4. The van der Waals surface area contributed by atoms with Crippen LogP contribution in [0.15, 0.2) is 24.3 Å². The van der Waals surface area contributed by atoms with E-state index in [4.69, 9.17) is 9.47 Å². The van der Waals surface area contributed by atoms with Crippen LogP contribution >= 0.6 is 0 Å². The van der Waals surface area contributed by atoms with Gasteiger partial charge in [-0.1, -0.05) is 24.0 Å². The van der Waals surface area contributed by atoms with Crippen LogP contribution in [-0.4, -0.2) is 30.8 Å². The number of benzene rings is 1. The van der Waals surface area contributed by atoms with E-state index in [1.807, 2.05) is 45.0 Å². The molecule has 0 aliphatic rings. The molecule has 0 aliphatic carbocycles. The molecule has 0 heterocycles. The lowest BCUT2D eigenvalue weighted by Gasteiger charge is -2.19. The lowest BCUT2D eigenvalue weighted by molar-refractivity contribution is -0.142. The summed E-state index contributed by atoms with van der Waals surface area (Å²) >= 11 is 0. The highest BCUT2D eigenvalue weighted by Crippen LogP contribution is 2.06. The van der Waals surface area contributed by atoms with E-state index in [0.717, 1.165) is 11.1 Å². The largest absolute Gasteiger partial charge is 0.466 e. The van der Waals surface area contributed by atoms with Crippen molar-refractivity contribution < 1.29 is 19.1 Å². The van der Waals surface area contributed by atoms with Crippen LogP contribution in [0.1, 0.15) is 45.2 Å². The molecule has 0 aromatic heterocycles. The average Bonchev–Trinajstić information content (AvgIpc) is 2.47. The van der Waals surface area contributed by atoms with Crippen LogP contribution in [0.2, 0.25) is 0 Å². The van der Waals surface area contributed by atoms with Crippen molar-refractivity contribution in [3.05, 3.63) is 35.4 Å². The summed E-state index contributed by atoms with van der Waals surface area (Å²) in [6.07, 6.45) is 0.359. The Morgan fingerprint density at radius 2 is 1.83 bits per heavy atom. The topological polar surface area (TPSA) is 64.6 Å². The third kappa shape index (κ3) is 8.84. The molecular weight excluding hydrogens is 306 g/mol. The van der Waals surface area contributed by atoms with Crippen molar-refractivity contribution >= 4 is 12.1 Å². The van der Waals surface area contributed by atoms with Gasteiger partial charge in [-0.05, 0) is 45.4 Å². The number of amides is 1. The van der Waals surface area contributed by atoms with E-state index >= 15 is 0 Å². The van der Waals surface area contributed by atoms with Gasteiger partial charge in [0, 0.05) is 18.5 Å². The molecule has 0 saturated heterocycles. The molecule has 0 fully saturated rings. The Morgan fingerprint density at radius 1 is 1.17 bits per heavy atom. The van der Waals surface area contributed by atoms with Gasteiger partial charge >= 0.3 is 12.1 Å². The summed E-state index contributed by atoms with van der Waals surface area (Å²) in [4.78, 5) is 22.8. The molecule has 1 rings (SSSR count). The smallest absolute Gasteiger partial charge is 0.407 e. The van der Waals surface area contributed by atoms with Crippen LogP contribution in [0, 0.1) is 11.8 Å². The minimum Gasteiger partial charge on any atom is -0.466 e. The zero-order chi connectivity index (χ0) is 18.0. The summed E-state index contributed by atoms with van der Waals surface area (Å²) in [5, 5.41) is 2.65. The number of hydrogen-bond acceptors (Lipinski definition) is 4. The molecule has 0 radical (unpaired) electrons. The van der Waals surface area contributed by atoms with Crippen molar-refractivity contribution in [1.82, 2.24) is 5.32 Å². The fourth-order valence-electron chi connectivity index (χ4n) is 1.79. The van der Waals surface area contributed by atoms with Crippen molar-refractivity contribution in [2.75, 3.05) is 13.2 Å². The van der Waals surface area contributed by atoms with Crippen molar-refractivity contribution in [3.8, 4) is 11.8 Å². The molecule has 1 N–H and O–H groups in total. The quantitative estimate of drug-likeness (QED) is 0.512. The number of nitrogens with one attached hydrogen (secondary N) is 1. The average molecular weight is 331 g/mol. The number of carbonyl (C=O) groups excluding carboxylic acids is 2. The van der Waals surface area contributed by atoms with Gasteiger partial charge in [-0.3, -0.25) is 4.79 Å². The summed E-state index contributed by atoms with van der Waals surface area (Å²) < 4.78 is 10.0. The first-order chi connectivity index (χ1) is 11.3. The Hall–Kier alpha value is -2.48. The van der Waals surface area contributed by atoms with Crippen LogP contribution < -0.4 is 5.32 Å². The zero-order valence-corrected chi connectivity index (χ0v) is 14.8. The number of ether oxygens (including phenoxy) is 2. The van der Waals surface area contributed by atoms with Crippen LogP contribution in [0.25, 0.3) is 0 Å². The second kappa shape index (κ2) is 9.61. The summed E-state index contributed by atoms with van der Waals surface area (Å²) in [5.74, 6) is 5.77. The van der Waals surface area contributed by atoms with E-state index < -0.39 is 11.7 Å². The SMILES string of the molecule is CCOC(=O)Cc1ccc(C#CCCNC(=O)OC(C)(C)C)cc1. The third-order valence-electron chi connectivity index (χ3n) is 2.76. The molecule has 24 heavy (non-hydrogen) atoms. The van der Waals surface area contributed by atoms with E-state index in [1.165, 1.54) is 0 Å². The molecular formula is C19H25NO4. The zero-order valence-electron chi connectivity index (χ0n) is 14.8. The lowest BCUT2D eigenvalue weighted by atomic mass is 10.1. The fraction of sp³-hybridized carbons (Fsp3) is 0.474. The highest BCUT2D eigenvalue weighted by atomic mass is 16.6. The molecule has 5 nitrogen and oxygen atoms in total. The predicted molar refractivity (Wildman–Crippen MR) is 92.5 cm³/mol. The van der Waals surface area contributed by atoms with Crippen molar-refractivity contribution in [2.45, 2.75) is 46.1 Å². The van der Waals surface area contributed by atoms with Crippen LogP contribution in [-0.2, 0) is 20.7 Å². The molecule has 5 heteroatoms. The fourth-order valence-corrected chi connectivity index (χ4v) is 1.79. The number of esters is 1. The molecule has 1 amide bonds. The lowest BCUT2D eigenvalue weighted by Crippen LogP contribution is -2.32. The second-order valence-electron chi connectivity index (χ2n) is 6.16. The first kappa shape index (κ1) is 19.6. The summed E-state index contributed by atoms with van der Waals surface area (Å²) in [6.45, 7) is 8.06. The molecule has 0 spiro atoms. The molecule has 0 atom stereocenters. The summed E-state index contributed by atoms with van der Waals surface area (Å²) in [5.41, 5.74) is 1.26. The highest BCUT2D eigenvalue weighted by molar-refractivity contribution is 5.72. The minimum absolute atomic E-state index is 0.232. The van der Waals surface area contributed by atoms with Gasteiger partial charge in [0.05, 0.1) is 13.0 Å². The van der Waals surface area contributed by atoms with Crippen molar-refractivity contribution in [1.29, 1.82) is 0 Å². The first-order valence-electron chi connectivity index (χ1n) is 8.00. The van der Waals surface area contributed by atoms with Gasteiger partial charge in [0.25, 0.3) is 0 Å². The van der Waals surface area contributed by atoms with E-state index in [1.54, 1.807) is 6.92 Å². The van der Waals surface area contributed by atoms with Crippen LogP contribution in [0.3, 0.4) is 0 Å². The monoisotopic (exact) mass is 331 g/mol. The van der Waals surface area contributed by atoms with Gasteiger partial charge in [0.15, 0.2) is 0 Å². The number of rotatable bonds is 5. The molecule has 0 aliphatic heterocycles. The molecule has 1 aromatic rings. The maximum Gasteiger partial charge on any atom is 0.407 e. The Morgan fingerprint density at radius 3 is 2.42 bits per heavy atom. The minimum atomic E-state index is -0.499. The summed E-state index contributed by atoms with van der Waals surface area (Å²) in [6, 6.07) is 7.45. The Labute approximate surface area is 143 Å². The Balaban J connectivity index is 2.36. The Kier molecular flexibility index (Phi) is 7.84. The van der Waals surface area contributed by atoms with E-state index in [-0.39, 0.29) is 12.4 Å². The molecule has 0 bridgehead atoms. The van der Waals surface area contributed by atoms with Gasteiger partial charge in [0.1, 0.15) is 5.60 Å². The van der Waals surface area contributed by atoms with Crippen molar-refractivity contribution in [2.24, 2.45) is 0 Å². The molecule has 0 unspecified atom stereocenters. The molecule has 1 aromatic carbocycles. The third-order valence-corrected chi connectivity index (χ3v) is 2.76. The predicted octanol–water partition coefficient (Wildman–Crippen LogP) is 3.06.